The van der Waals surface area contributed by atoms with Gasteiger partial charge < -0.3 is 25.0 Å². The Hall–Kier alpha value is -3.72. The van der Waals surface area contributed by atoms with E-state index in [1.807, 2.05) is 48.5 Å². The molecule has 1 heterocycles. The summed E-state index contributed by atoms with van der Waals surface area (Å²) in [7, 11) is 3.29. The molecule has 0 spiro atoms. The van der Waals surface area contributed by atoms with Gasteiger partial charge in [-0.1, -0.05) is 79.2 Å². The predicted octanol–water partition coefficient (Wildman–Crippen LogP) is 4.98. The van der Waals surface area contributed by atoms with Gasteiger partial charge in [0.05, 0.1) is 18.6 Å². The van der Waals surface area contributed by atoms with Crippen LogP contribution < -0.4 is 10.6 Å². The summed E-state index contributed by atoms with van der Waals surface area (Å²) < 4.78 is 11.1. The maximum absolute atomic E-state index is 13.9. The van der Waals surface area contributed by atoms with Crippen LogP contribution in [0.15, 0.2) is 72.8 Å². The standard InChI is InChI=1S/C36H42ClN3O5/c1-24(19-33(41)45-21-31-29-11-6-4-9-27(29)28-10-5-7-12-30(28)31)34(42)39-32(22-44-3)35(43)40(2)36(17-8-18-38-23-36)20-25-13-15-26(37)16-14-25/h4-7,9-16,24,31-32,38H,8,17-23H2,1-3H3,(H,39,42)/t24-,32+,36-/m1/s1. The molecule has 1 aliphatic carbocycles. The maximum Gasteiger partial charge on any atom is 0.306 e. The number of nitrogens with zero attached hydrogens (tertiary/aromatic N) is 1. The van der Waals surface area contributed by atoms with Crippen molar-refractivity contribution >= 4 is 29.4 Å². The Morgan fingerprint density at radius 3 is 2.27 bits per heavy atom. The Bertz CT molecular complexity index is 1460. The number of halogens is 1. The minimum Gasteiger partial charge on any atom is -0.465 e. The molecule has 0 saturated carbocycles. The summed E-state index contributed by atoms with van der Waals surface area (Å²) in [4.78, 5) is 41.9. The lowest BCUT2D eigenvalue weighted by molar-refractivity contribution is -0.147. The van der Waals surface area contributed by atoms with Crippen molar-refractivity contribution in [2.45, 2.75) is 50.1 Å². The Morgan fingerprint density at radius 2 is 1.67 bits per heavy atom. The monoisotopic (exact) mass is 631 g/mol. The second-order valence-corrected chi connectivity index (χ2v) is 12.7. The number of nitrogens with one attached hydrogen (secondary N) is 2. The van der Waals surface area contributed by atoms with Crippen molar-refractivity contribution in [1.82, 2.24) is 15.5 Å². The Kier molecular flexibility index (Phi) is 10.6. The average Bonchev–Trinajstić information content (AvgIpc) is 3.37. The molecule has 1 fully saturated rings. The second-order valence-electron chi connectivity index (χ2n) is 12.2. The molecule has 1 aliphatic heterocycles. The van der Waals surface area contributed by atoms with E-state index in [1.54, 1.807) is 18.9 Å². The molecule has 0 bridgehead atoms. The van der Waals surface area contributed by atoms with Gasteiger partial charge in [-0.05, 0) is 65.8 Å². The molecule has 9 heteroatoms. The molecule has 45 heavy (non-hydrogen) atoms. The summed E-state index contributed by atoms with van der Waals surface area (Å²) in [6.45, 7) is 3.39. The third-order valence-corrected chi connectivity index (χ3v) is 9.43. The zero-order chi connectivity index (χ0) is 32.0. The first-order valence-electron chi connectivity index (χ1n) is 15.6. The van der Waals surface area contributed by atoms with Gasteiger partial charge in [-0.2, -0.15) is 0 Å². The van der Waals surface area contributed by atoms with Crippen LogP contribution >= 0.6 is 11.6 Å². The highest BCUT2D eigenvalue weighted by molar-refractivity contribution is 6.30. The van der Waals surface area contributed by atoms with E-state index >= 15 is 0 Å². The van der Waals surface area contributed by atoms with Gasteiger partial charge in [0, 0.05) is 37.6 Å². The lowest BCUT2D eigenvalue weighted by Gasteiger charge is -2.46. The number of hydrogen-bond acceptors (Lipinski definition) is 6. The van der Waals surface area contributed by atoms with E-state index in [4.69, 9.17) is 21.1 Å². The van der Waals surface area contributed by atoms with Gasteiger partial charge in [-0.15, -0.1) is 0 Å². The van der Waals surface area contributed by atoms with Crippen LogP contribution in [-0.2, 0) is 30.3 Å². The summed E-state index contributed by atoms with van der Waals surface area (Å²) in [5, 5.41) is 6.96. The third-order valence-electron chi connectivity index (χ3n) is 9.18. The highest BCUT2D eigenvalue weighted by Gasteiger charge is 2.41. The first-order valence-corrected chi connectivity index (χ1v) is 16.0. The number of ether oxygens (including phenoxy) is 2. The Balaban J connectivity index is 1.20. The number of rotatable bonds is 12. The molecule has 0 unspecified atom stereocenters. The number of carbonyl (C=O) groups is 3. The van der Waals surface area contributed by atoms with E-state index in [9.17, 15) is 14.4 Å². The lowest BCUT2D eigenvalue weighted by atomic mass is 9.82. The largest absolute Gasteiger partial charge is 0.465 e. The number of carbonyl (C=O) groups excluding carboxylic acids is 3. The molecule has 3 aromatic rings. The van der Waals surface area contributed by atoms with Crippen molar-refractivity contribution in [3.05, 3.63) is 94.5 Å². The summed E-state index contributed by atoms with van der Waals surface area (Å²) in [5.41, 5.74) is 5.16. The van der Waals surface area contributed by atoms with Crippen molar-refractivity contribution in [2.75, 3.05) is 40.5 Å². The summed E-state index contributed by atoms with van der Waals surface area (Å²) >= 11 is 6.11. The number of piperidine rings is 1. The molecular weight excluding hydrogens is 590 g/mol. The molecule has 3 aromatic carbocycles. The molecule has 2 aliphatic rings. The average molecular weight is 632 g/mol. The number of fused-ring (bicyclic) bond motifs is 3. The van der Waals surface area contributed by atoms with Crippen LogP contribution in [0.2, 0.25) is 5.02 Å². The van der Waals surface area contributed by atoms with Crippen LogP contribution in [0.4, 0.5) is 0 Å². The number of likely N-dealkylation sites (N-methyl/N-ethyl adjacent to an activating group) is 1. The fraction of sp³-hybridized carbons (Fsp3) is 0.417. The van der Waals surface area contributed by atoms with E-state index in [-0.39, 0.29) is 31.5 Å². The van der Waals surface area contributed by atoms with Gasteiger partial charge in [0.15, 0.2) is 0 Å². The minimum atomic E-state index is -0.901. The number of amides is 2. The highest BCUT2D eigenvalue weighted by atomic mass is 35.5. The molecule has 3 atom stereocenters. The van der Waals surface area contributed by atoms with Crippen molar-refractivity contribution < 1.29 is 23.9 Å². The number of benzene rings is 3. The molecule has 2 amide bonds. The van der Waals surface area contributed by atoms with Crippen molar-refractivity contribution in [3.63, 3.8) is 0 Å². The highest BCUT2D eigenvalue weighted by Crippen LogP contribution is 2.44. The zero-order valence-electron chi connectivity index (χ0n) is 26.2. The molecule has 0 radical (unpaired) electrons. The topological polar surface area (TPSA) is 97.0 Å². The van der Waals surface area contributed by atoms with Gasteiger partial charge >= 0.3 is 5.97 Å². The van der Waals surface area contributed by atoms with Crippen LogP contribution in [-0.4, -0.2) is 74.7 Å². The molecule has 1 saturated heterocycles. The lowest BCUT2D eigenvalue weighted by Crippen LogP contribution is -2.63. The number of esters is 1. The van der Waals surface area contributed by atoms with Crippen LogP contribution in [0.3, 0.4) is 0 Å². The van der Waals surface area contributed by atoms with Gasteiger partial charge in [0.25, 0.3) is 0 Å². The van der Waals surface area contributed by atoms with E-state index in [0.717, 1.165) is 47.2 Å². The molecule has 0 aromatic heterocycles. The summed E-state index contributed by atoms with van der Waals surface area (Å²) in [5.74, 6) is -1.85. The zero-order valence-corrected chi connectivity index (χ0v) is 26.9. The maximum atomic E-state index is 13.9. The first kappa shape index (κ1) is 32.7. The van der Waals surface area contributed by atoms with Crippen LogP contribution in [0, 0.1) is 5.92 Å². The Labute approximate surface area is 270 Å². The second kappa shape index (κ2) is 14.6. The molecule has 2 N–H and O–H groups in total. The van der Waals surface area contributed by atoms with Crippen LogP contribution in [0.5, 0.6) is 0 Å². The van der Waals surface area contributed by atoms with E-state index in [2.05, 4.69) is 34.9 Å². The van der Waals surface area contributed by atoms with Gasteiger partial charge in [-0.25, -0.2) is 0 Å². The third kappa shape index (κ3) is 7.40. The fourth-order valence-corrected chi connectivity index (χ4v) is 6.76. The minimum absolute atomic E-state index is 0.0109. The fourth-order valence-electron chi connectivity index (χ4n) is 6.63. The van der Waals surface area contributed by atoms with E-state index in [1.165, 1.54) is 7.11 Å². The Morgan fingerprint density at radius 1 is 1.02 bits per heavy atom. The van der Waals surface area contributed by atoms with Gasteiger partial charge in [0.2, 0.25) is 11.8 Å². The van der Waals surface area contributed by atoms with Crippen molar-refractivity contribution in [1.29, 1.82) is 0 Å². The van der Waals surface area contributed by atoms with Gasteiger partial charge in [0.1, 0.15) is 12.6 Å². The van der Waals surface area contributed by atoms with E-state index < -0.39 is 29.4 Å². The number of hydrogen-bond donors (Lipinski definition) is 2. The van der Waals surface area contributed by atoms with Crippen molar-refractivity contribution in [3.8, 4) is 11.1 Å². The van der Waals surface area contributed by atoms with E-state index in [0.29, 0.717) is 18.0 Å². The predicted molar refractivity (Wildman–Crippen MR) is 175 cm³/mol. The quantitative estimate of drug-likeness (QED) is 0.274. The summed E-state index contributed by atoms with van der Waals surface area (Å²) in [6.07, 6.45) is 2.28. The summed E-state index contributed by atoms with van der Waals surface area (Å²) in [6, 6.07) is 23.1. The van der Waals surface area contributed by atoms with Crippen LogP contribution in [0.1, 0.15) is 48.8 Å². The molecular formula is C36H42ClN3O5. The first-order chi connectivity index (χ1) is 21.7. The van der Waals surface area contributed by atoms with Crippen molar-refractivity contribution in [2.24, 2.45) is 5.92 Å². The molecule has 5 rings (SSSR count). The normalized spacial score (nSPS) is 18.8. The SMILES string of the molecule is COC[C@H](NC(=O)[C@H](C)CC(=O)OCC1c2ccccc2-c2ccccc21)C(=O)N(C)[C@@]1(Cc2ccc(Cl)cc2)CCCNC1. The number of methoxy groups -OCH3 is 1. The van der Waals surface area contributed by atoms with Crippen LogP contribution in [0.25, 0.3) is 11.1 Å². The molecule has 238 valence electrons. The smallest absolute Gasteiger partial charge is 0.306 e. The molecule has 8 nitrogen and oxygen atoms in total. The van der Waals surface area contributed by atoms with Gasteiger partial charge in [-0.3, -0.25) is 14.4 Å².